The van der Waals surface area contributed by atoms with Gasteiger partial charge in [-0.1, -0.05) is 36.4 Å². The van der Waals surface area contributed by atoms with Crippen LogP contribution in [0.5, 0.6) is 11.5 Å². The number of ether oxygens (including phenoxy) is 3. The zero-order valence-electron chi connectivity index (χ0n) is 26.6. The average molecular weight is 655 g/mol. The number of carbonyl (C=O) groups excluding carboxylic acids is 4. The van der Waals surface area contributed by atoms with Crippen LogP contribution in [-0.2, 0) is 9.47 Å². The summed E-state index contributed by atoms with van der Waals surface area (Å²) in [7, 11) is 0. The van der Waals surface area contributed by atoms with Gasteiger partial charge in [-0.3, -0.25) is 9.59 Å². The molecule has 0 amide bonds. The van der Waals surface area contributed by atoms with Crippen molar-refractivity contribution in [1.29, 1.82) is 0 Å². The van der Waals surface area contributed by atoms with Crippen LogP contribution in [0.1, 0.15) is 66.7 Å². The Kier molecular flexibility index (Phi) is 9.52. The summed E-state index contributed by atoms with van der Waals surface area (Å²) in [5, 5.41) is 8.68. The number of benzene rings is 4. The molecule has 2 aromatic heterocycles. The number of hydrogen-bond acceptors (Lipinski definition) is 9. The van der Waals surface area contributed by atoms with Gasteiger partial charge in [-0.25, -0.2) is 19.0 Å². The molecule has 0 radical (unpaired) electrons. The lowest BCUT2D eigenvalue weighted by Crippen LogP contribution is -2.12. The molecule has 11 heteroatoms. The molecule has 49 heavy (non-hydrogen) atoms. The van der Waals surface area contributed by atoms with Crippen molar-refractivity contribution in [3.8, 4) is 22.9 Å². The second-order valence-electron chi connectivity index (χ2n) is 10.6. The van der Waals surface area contributed by atoms with Crippen LogP contribution < -0.4 is 4.74 Å². The van der Waals surface area contributed by atoms with Gasteiger partial charge in [0, 0.05) is 23.5 Å². The second kappa shape index (κ2) is 14.4. The first-order valence-electron chi connectivity index (χ1n) is 15.5. The van der Waals surface area contributed by atoms with Crippen molar-refractivity contribution in [2.75, 3.05) is 13.2 Å². The van der Waals surface area contributed by atoms with Crippen LogP contribution in [-0.4, -0.2) is 56.3 Å². The third-order valence-electron chi connectivity index (χ3n) is 7.37. The number of para-hydroxylation sites is 2. The van der Waals surface area contributed by atoms with E-state index in [1.165, 1.54) is 21.8 Å². The third-order valence-corrected chi connectivity index (χ3v) is 7.37. The Hall–Kier alpha value is -6.62. The topological polar surface area (TPSA) is 132 Å². The molecule has 0 N–H and O–H groups in total. The van der Waals surface area contributed by atoms with Gasteiger partial charge < -0.3 is 14.2 Å². The highest BCUT2D eigenvalue weighted by Gasteiger charge is 2.26. The summed E-state index contributed by atoms with van der Waals surface area (Å²) >= 11 is 0. The van der Waals surface area contributed by atoms with E-state index < -0.39 is 23.5 Å². The minimum absolute atomic E-state index is 0.0764. The minimum atomic E-state index is -0.690. The predicted octanol–water partition coefficient (Wildman–Crippen LogP) is 6.67. The Labute approximate surface area is 281 Å². The predicted molar refractivity (Wildman–Crippen MR) is 179 cm³/mol. The van der Waals surface area contributed by atoms with Gasteiger partial charge in [0.15, 0.2) is 23.0 Å². The molecule has 6 aromatic rings. The quantitative estimate of drug-likeness (QED) is 0.105. The fraction of sp³-hybridized carbons (Fsp3) is 0.105. The van der Waals surface area contributed by atoms with Crippen LogP contribution in [0.3, 0.4) is 0 Å². The smallest absolute Gasteiger partial charge is 0.359 e. The Morgan fingerprint density at radius 2 is 0.898 bits per heavy atom. The average Bonchev–Trinajstić information content (AvgIpc) is 3.79. The fourth-order valence-electron chi connectivity index (χ4n) is 5.00. The standard InChI is InChI=1S/C38H30N4O7/c1-3-47-37(45)33-31(23-41(39-33)27-11-7-5-8-12-27)35(43)25-15-19-29(20-16-25)49-30-21-17-26(18-22-30)36(44)32-24-42(28-13-9-6-10-14-28)40-34(32)38(46)48-4-2/h5-24H,3-4H2,1-2H3. The molecule has 0 saturated carbocycles. The Balaban J connectivity index is 1.19. The van der Waals surface area contributed by atoms with Crippen molar-refractivity contribution in [3.05, 3.63) is 155 Å². The van der Waals surface area contributed by atoms with Crippen LogP contribution in [0.15, 0.2) is 122 Å². The fourth-order valence-corrected chi connectivity index (χ4v) is 5.00. The summed E-state index contributed by atoms with van der Waals surface area (Å²) in [6.07, 6.45) is 3.03. The zero-order valence-corrected chi connectivity index (χ0v) is 26.6. The number of ketones is 2. The highest BCUT2D eigenvalue weighted by Crippen LogP contribution is 2.26. The lowest BCUT2D eigenvalue weighted by molar-refractivity contribution is 0.0507. The van der Waals surface area contributed by atoms with E-state index in [1.54, 1.807) is 62.4 Å². The van der Waals surface area contributed by atoms with Crippen molar-refractivity contribution >= 4 is 23.5 Å². The first-order valence-corrected chi connectivity index (χ1v) is 15.5. The molecule has 0 bridgehead atoms. The largest absolute Gasteiger partial charge is 0.461 e. The molecule has 2 heterocycles. The second-order valence-corrected chi connectivity index (χ2v) is 10.6. The van der Waals surface area contributed by atoms with E-state index in [2.05, 4.69) is 10.2 Å². The third kappa shape index (κ3) is 7.05. The number of hydrogen-bond donors (Lipinski definition) is 0. The lowest BCUT2D eigenvalue weighted by atomic mass is 10.0. The monoisotopic (exact) mass is 654 g/mol. The molecule has 244 valence electrons. The Morgan fingerprint density at radius 3 is 1.24 bits per heavy atom. The van der Waals surface area contributed by atoms with E-state index in [4.69, 9.17) is 14.2 Å². The highest BCUT2D eigenvalue weighted by molar-refractivity contribution is 6.14. The molecule has 6 rings (SSSR count). The first-order chi connectivity index (χ1) is 23.9. The van der Waals surface area contributed by atoms with E-state index in [0.717, 1.165) is 0 Å². The van der Waals surface area contributed by atoms with Gasteiger partial charge in [0.2, 0.25) is 0 Å². The van der Waals surface area contributed by atoms with Crippen LogP contribution in [0.4, 0.5) is 0 Å². The van der Waals surface area contributed by atoms with E-state index in [-0.39, 0.29) is 35.7 Å². The summed E-state index contributed by atoms with van der Waals surface area (Å²) in [4.78, 5) is 52.4. The molecule has 0 aliphatic carbocycles. The normalized spacial score (nSPS) is 10.7. The zero-order chi connectivity index (χ0) is 34.3. The van der Waals surface area contributed by atoms with Crippen molar-refractivity contribution < 1.29 is 33.4 Å². The molecule has 0 fully saturated rings. The van der Waals surface area contributed by atoms with Gasteiger partial charge in [-0.2, -0.15) is 10.2 Å². The molecular weight excluding hydrogens is 624 g/mol. The summed E-state index contributed by atoms with van der Waals surface area (Å²) in [5.41, 5.74) is 2.07. The molecule has 0 atom stereocenters. The number of carbonyl (C=O) groups is 4. The lowest BCUT2D eigenvalue weighted by Gasteiger charge is -2.08. The van der Waals surface area contributed by atoms with Crippen molar-refractivity contribution in [1.82, 2.24) is 19.6 Å². The Bertz CT molecular complexity index is 1970. The molecule has 0 saturated heterocycles. The van der Waals surface area contributed by atoms with E-state index >= 15 is 0 Å². The Morgan fingerprint density at radius 1 is 0.531 bits per heavy atom. The summed E-state index contributed by atoms with van der Waals surface area (Å²) in [6, 6.07) is 31.1. The van der Waals surface area contributed by atoms with Gasteiger partial charge in [0.25, 0.3) is 0 Å². The SMILES string of the molecule is CCOC(=O)c1nn(-c2ccccc2)cc1C(=O)c1ccc(Oc2ccc(C(=O)c3cn(-c4ccccc4)nc3C(=O)OCC)cc2)cc1. The van der Waals surface area contributed by atoms with Crippen LogP contribution in [0, 0.1) is 0 Å². The first kappa shape index (κ1) is 32.3. The number of rotatable bonds is 12. The molecule has 0 spiro atoms. The number of esters is 2. The maximum Gasteiger partial charge on any atom is 0.359 e. The molecule has 0 unspecified atom stereocenters. The molecule has 0 aliphatic heterocycles. The highest BCUT2D eigenvalue weighted by atomic mass is 16.5. The van der Waals surface area contributed by atoms with E-state index in [9.17, 15) is 19.2 Å². The maximum atomic E-state index is 13.5. The molecule has 4 aromatic carbocycles. The molecular formula is C38H30N4O7. The summed E-state index contributed by atoms with van der Waals surface area (Å²) < 4.78 is 19.2. The number of nitrogens with zero attached hydrogens (tertiary/aromatic N) is 4. The van der Waals surface area contributed by atoms with Crippen LogP contribution >= 0.6 is 0 Å². The van der Waals surface area contributed by atoms with Gasteiger partial charge in [0.1, 0.15) is 11.5 Å². The van der Waals surface area contributed by atoms with Crippen LogP contribution in [0.25, 0.3) is 11.4 Å². The summed E-state index contributed by atoms with van der Waals surface area (Å²) in [6.45, 7) is 3.64. The summed E-state index contributed by atoms with van der Waals surface area (Å²) in [5.74, 6) is -1.31. The van der Waals surface area contributed by atoms with Gasteiger partial charge in [-0.15, -0.1) is 0 Å². The minimum Gasteiger partial charge on any atom is -0.461 e. The van der Waals surface area contributed by atoms with Gasteiger partial charge in [-0.05, 0) is 86.6 Å². The molecule has 11 nitrogen and oxygen atoms in total. The van der Waals surface area contributed by atoms with Crippen molar-refractivity contribution in [2.45, 2.75) is 13.8 Å². The number of aromatic nitrogens is 4. The van der Waals surface area contributed by atoms with Gasteiger partial charge >= 0.3 is 11.9 Å². The van der Waals surface area contributed by atoms with E-state index in [0.29, 0.717) is 34.0 Å². The van der Waals surface area contributed by atoms with Crippen molar-refractivity contribution in [2.24, 2.45) is 0 Å². The van der Waals surface area contributed by atoms with Gasteiger partial charge in [0.05, 0.1) is 35.7 Å². The van der Waals surface area contributed by atoms with E-state index in [1.807, 2.05) is 60.7 Å². The van der Waals surface area contributed by atoms with Crippen molar-refractivity contribution in [3.63, 3.8) is 0 Å². The maximum absolute atomic E-state index is 13.5. The van der Waals surface area contributed by atoms with Crippen LogP contribution in [0.2, 0.25) is 0 Å². The molecule has 0 aliphatic rings.